The number of likely N-dealkylation sites (tertiary alicyclic amines) is 1. The summed E-state index contributed by atoms with van der Waals surface area (Å²) in [5.41, 5.74) is 1.85. The van der Waals surface area contributed by atoms with Crippen molar-refractivity contribution in [3.8, 4) is 0 Å². The zero-order valence-corrected chi connectivity index (χ0v) is 18.4. The van der Waals surface area contributed by atoms with Crippen molar-refractivity contribution in [3.05, 3.63) is 29.8 Å². The second-order valence-corrected chi connectivity index (χ2v) is 6.94. The van der Waals surface area contributed by atoms with Crippen molar-refractivity contribution in [1.29, 1.82) is 0 Å². The SMILES string of the molecule is CN=C(NCc1ccc(NC(=O)OC)cc1)N1CCC(CC(C)C)C1.I. The fraction of sp³-hybridized carbons (Fsp3) is 0.579. The van der Waals surface area contributed by atoms with Gasteiger partial charge in [-0.3, -0.25) is 10.3 Å². The van der Waals surface area contributed by atoms with Gasteiger partial charge in [0.05, 0.1) is 7.11 Å². The van der Waals surface area contributed by atoms with Crippen LogP contribution in [0.25, 0.3) is 0 Å². The van der Waals surface area contributed by atoms with E-state index in [0.29, 0.717) is 6.54 Å². The summed E-state index contributed by atoms with van der Waals surface area (Å²) in [5.74, 6) is 2.47. The Bertz CT molecular complexity index is 590. The minimum Gasteiger partial charge on any atom is -0.453 e. The molecule has 6 nitrogen and oxygen atoms in total. The van der Waals surface area contributed by atoms with E-state index in [1.54, 1.807) is 0 Å². The highest BCUT2D eigenvalue weighted by Gasteiger charge is 2.25. The number of hydrogen-bond donors (Lipinski definition) is 2. The maximum atomic E-state index is 11.2. The van der Waals surface area contributed by atoms with Crippen molar-refractivity contribution < 1.29 is 9.53 Å². The number of halogens is 1. The van der Waals surface area contributed by atoms with Gasteiger partial charge in [0.15, 0.2) is 5.96 Å². The standard InChI is InChI=1S/C19H30N4O2.HI/c1-14(2)11-16-9-10-23(13-16)18(20-3)21-12-15-5-7-17(8-6-15)22-19(24)25-4;/h5-8,14,16H,9-13H2,1-4H3,(H,20,21)(H,22,24);1H. The molecule has 1 unspecified atom stereocenters. The maximum Gasteiger partial charge on any atom is 0.411 e. The first kappa shape index (κ1) is 22.5. The summed E-state index contributed by atoms with van der Waals surface area (Å²) in [5, 5.41) is 6.08. The van der Waals surface area contributed by atoms with Gasteiger partial charge in [-0.05, 0) is 42.4 Å². The van der Waals surface area contributed by atoms with Crippen LogP contribution in [0.4, 0.5) is 10.5 Å². The number of hydrogen-bond acceptors (Lipinski definition) is 3. The lowest BCUT2D eigenvalue weighted by Gasteiger charge is -2.22. The molecule has 1 aromatic carbocycles. The summed E-state index contributed by atoms with van der Waals surface area (Å²) in [6, 6.07) is 7.70. The molecule has 0 radical (unpaired) electrons. The average molecular weight is 474 g/mol. The van der Waals surface area contributed by atoms with Gasteiger partial charge in [-0.1, -0.05) is 26.0 Å². The smallest absolute Gasteiger partial charge is 0.411 e. The topological polar surface area (TPSA) is 66.0 Å². The lowest BCUT2D eigenvalue weighted by molar-refractivity contribution is 0.187. The molecule has 1 heterocycles. The number of rotatable bonds is 5. The zero-order valence-electron chi connectivity index (χ0n) is 16.1. The minimum absolute atomic E-state index is 0. The van der Waals surface area contributed by atoms with Crippen LogP contribution < -0.4 is 10.6 Å². The molecule has 0 saturated carbocycles. The Kier molecular flexibility index (Phi) is 9.75. The summed E-state index contributed by atoms with van der Waals surface area (Å²) < 4.78 is 4.58. The lowest BCUT2D eigenvalue weighted by atomic mass is 9.97. The molecule has 1 aliphatic heterocycles. The second-order valence-electron chi connectivity index (χ2n) is 6.94. The van der Waals surface area contributed by atoms with Crippen LogP contribution in [0, 0.1) is 11.8 Å². The molecule has 2 N–H and O–H groups in total. The second kappa shape index (κ2) is 11.3. The highest BCUT2D eigenvalue weighted by atomic mass is 127. The minimum atomic E-state index is -0.462. The summed E-state index contributed by atoms with van der Waals surface area (Å²) >= 11 is 0. The number of guanidine groups is 1. The van der Waals surface area contributed by atoms with Gasteiger partial charge in [-0.25, -0.2) is 4.79 Å². The van der Waals surface area contributed by atoms with E-state index in [1.807, 2.05) is 31.3 Å². The summed E-state index contributed by atoms with van der Waals surface area (Å²) in [6.45, 7) is 7.43. The number of methoxy groups -OCH3 is 1. The van der Waals surface area contributed by atoms with Crippen LogP contribution in [0.2, 0.25) is 0 Å². The van der Waals surface area contributed by atoms with Gasteiger partial charge in [-0.2, -0.15) is 0 Å². The van der Waals surface area contributed by atoms with E-state index < -0.39 is 6.09 Å². The molecule has 1 fully saturated rings. The first-order chi connectivity index (χ1) is 12.0. The van der Waals surface area contributed by atoms with E-state index in [1.165, 1.54) is 20.0 Å². The van der Waals surface area contributed by atoms with E-state index in [4.69, 9.17) is 0 Å². The summed E-state index contributed by atoms with van der Waals surface area (Å²) in [6.07, 6.45) is 2.06. The van der Waals surface area contributed by atoms with Crippen LogP contribution in [0.1, 0.15) is 32.3 Å². The van der Waals surface area contributed by atoms with Gasteiger partial charge in [0, 0.05) is 32.4 Å². The predicted octanol–water partition coefficient (Wildman–Crippen LogP) is 3.93. The number of amides is 1. The van der Waals surface area contributed by atoms with E-state index in [0.717, 1.165) is 42.1 Å². The third kappa shape index (κ3) is 7.01. The molecule has 1 atom stereocenters. The molecular weight excluding hydrogens is 443 g/mol. The Hall–Kier alpha value is -1.51. The molecule has 2 rings (SSSR count). The monoisotopic (exact) mass is 474 g/mol. The van der Waals surface area contributed by atoms with Crippen molar-refractivity contribution >= 4 is 41.7 Å². The quantitative estimate of drug-likeness (QED) is 0.386. The Morgan fingerprint density at radius 3 is 2.62 bits per heavy atom. The van der Waals surface area contributed by atoms with Crippen molar-refractivity contribution in [1.82, 2.24) is 10.2 Å². The van der Waals surface area contributed by atoms with Crippen molar-refractivity contribution in [2.45, 2.75) is 33.2 Å². The average Bonchev–Trinajstić information content (AvgIpc) is 3.04. The van der Waals surface area contributed by atoms with Crippen LogP contribution in [0.5, 0.6) is 0 Å². The Balaban J connectivity index is 0.00000338. The van der Waals surface area contributed by atoms with E-state index in [-0.39, 0.29) is 24.0 Å². The zero-order chi connectivity index (χ0) is 18.2. The highest BCUT2D eigenvalue weighted by Crippen LogP contribution is 2.23. The fourth-order valence-electron chi connectivity index (χ4n) is 3.27. The first-order valence-corrected chi connectivity index (χ1v) is 8.91. The molecule has 1 aromatic rings. The number of benzene rings is 1. The third-order valence-corrected chi connectivity index (χ3v) is 4.44. The van der Waals surface area contributed by atoms with Crippen LogP contribution >= 0.6 is 24.0 Å². The summed E-state index contributed by atoms with van der Waals surface area (Å²) in [4.78, 5) is 18.0. The normalized spacial score (nSPS) is 17.0. The van der Waals surface area contributed by atoms with Crippen LogP contribution in [0.15, 0.2) is 29.3 Å². The molecule has 0 aliphatic carbocycles. The van der Waals surface area contributed by atoms with Crippen molar-refractivity contribution in [2.24, 2.45) is 16.8 Å². The number of aliphatic imine (C=N–C) groups is 1. The molecule has 26 heavy (non-hydrogen) atoms. The number of carbonyl (C=O) groups is 1. The van der Waals surface area contributed by atoms with Crippen LogP contribution in [0.3, 0.4) is 0 Å². The maximum absolute atomic E-state index is 11.2. The number of nitrogens with one attached hydrogen (secondary N) is 2. The largest absolute Gasteiger partial charge is 0.453 e. The lowest BCUT2D eigenvalue weighted by Crippen LogP contribution is -2.39. The molecule has 146 valence electrons. The van der Waals surface area contributed by atoms with Crippen LogP contribution in [-0.2, 0) is 11.3 Å². The molecule has 7 heteroatoms. The van der Waals surface area contributed by atoms with Crippen molar-refractivity contribution in [2.75, 3.05) is 32.6 Å². The van der Waals surface area contributed by atoms with Gasteiger partial charge in [-0.15, -0.1) is 24.0 Å². The van der Waals surface area contributed by atoms with Crippen LogP contribution in [-0.4, -0.2) is 44.2 Å². The van der Waals surface area contributed by atoms with Gasteiger partial charge < -0.3 is 15.0 Å². The Labute approximate surface area is 173 Å². The molecule has 1 amide bonds. The number of anilines is 1. The molecule has 0 aromatic heterocycles. The summed E-state index contributed by atoms with van der Waals surface area (Å²) in [7, 11) is 3.19. The van der Waals surface area contributed by atoms with E-state index in [2.05, 4.69) is 39.1 Å². The Morgan fingerprint density at radius 2 is 2.04 bits per heavy atom. The van der Waals surface area contributed by atoms with E-state index in [9.17, 15) is 4.79 Å². The fourth-order valence-corrected chi connectivity index (χ4v) is 3.27. The number of carbonyl (C=O) groups excluding carboxylic acids is 1. The highest BCUT2D eigenvalue weighted by molar-refractivity contribution is 14.0. The Morgan fingerprint density at radius 1 is 1.35 bits per heavy atom. The third-order valence-electron chi connectivity index (χ3n) is 4.44. The molecule has 0 spiro atoms. The molecule has 1 saturated heterocycles. The van der Waals surface area contributed by atoms with Gasteiger partial charge in [0.2, 0.25) is 0 Å². The van der Waals surface area contributed by atoms with Gasteiger partial charge in [0.1, 0.15) is 0 Å². The van der Waals surface area contributed by atoms with Gasteiger partial charge >= 0.3 is 6.09 Å². The van der Waals surface area contributed by atoms with Gasteiger partial charge in [0.25, 0.3) is 0 Å². The number of nitrogens with zero attached hydrogens (tertiary/aromatic N) is 2. The first-order valence-electron chi connectivity index (χ1n) is 8.91. The van der Waals surface area contributed by atoms with E-state index >= 15 is 0 Å². The molecule has 0 bridgehead atoms. The predicted molar refractivity (Wildman–Crippen MR) is 117 cm³/mol. The molecule has 1 aliphatic rings. The number of ether oxygens (including phenoxy) is 1. The van der Waals surface area contributed by atoms with Crippen molar-refractivity contribution in [3.63, 3.8) is 0 Å². The molecular formula is C19H31IN4O2.